The maximum absolute atomic E-state index is 2.52. The number of rotatable bonds is 4. The zero-order valence-electron chi connectivity index (χ0n) is 27.7. The van der Waals surface area contributed by atoms with E-state index in [2.05, 4.69) is 205 Å². The number of hydrogen-bond donors (Lipinski definition) is 0. The Morgan fingerprint density at radius 3 is 1.50 bits per heavy atom. The lowest BCUT2D eigenvalue weighted by molar-refractivity contribution is 0.732. The van der Waals surface area contributed by atoms with Crippen LogP contribution in [0.3, 0.4) is 0 Å². The van der Waals surface area contributed by atoms with Gasteiger partial charge in [0.15, 0.2) is 0 Å². The topological polar surface area (TPSA) is 3.24 Å². The van der Waals surface area contributed by atoms with Crippen LogP contribution >= 0.6 is 0 Å². The number of anilines is 3. The maximum atomic E-state index is 2.52. The zero-order valence-corrected chi connectivity index (χ0v) is 27.7. The van der Waals surface area contributed by atoms with Gasteiger partial charge in [-0.15, -0.1) is 0 Å². The van der Waals surface area contributed by atoms with Gasteiger partial charge in [-0.1, -0.05) is 158 Å². The molecule has 2 atom stereocenters. The molecule has 0 fully saturated rings. The molecule has 236 valence electrons. The summed E-state index contributed by atoms with van der Waals surface area (Å²) in [6, 6.07) is 65.1. The molecule has 50 heavy (non-hydrogen) atoms. The van der Waals surface area contributed by atoms with Gasteiger partial charge < -0.3 is 4.90 Å². The molecule has 7 aromatic carbocycles. The standard InChI is InChI=1S/C49H35N/c1-3-17-36(18-4-1)50(37-19-5-2-6-20-37)38-21-15-16-34(32-38)35-30-31-44-40-23-8-7-22-39(40)41-24-9-12-27-45(41)49(48(44)33-35)46-28-13-10-25-42(46)43-26-11-14-29-47(43)49/h1-33,39-40H. The Bertz CT molecular complexity index is 2370. The van der Waals surface area contributed by atoms with Crippen LogP contribution in [0.25, 0.3) is 22.3 Å². The fraction of sp³-hybridized carbons (Fsp3) is 0.0612. The van der Waals surface area contributed by atoms with Crippen LogP contribution in [0.4, 0.5) is 17.1 Å². The molecule has 0 saturated carbocycles. The number of nitrogens with zero attached hydrogens (tertiary/aromatic N) is 1. The van der Waals surface area contributed by atoms with E-state index < -0.39 is 5.41 Å². The van der Waals surface area contributed by atoms with E-state index in [0.717, 1.165) is 17.1 Å². The lowest BCUT2D eigenvalue weighted by Crippen LogP contribution is -2.30. The van der Waals surface area contributed by atoms with Crippen LogP contribution in [0.5, 0.6) is 0 Å². The normalized spacial score (nSPS) is 17.2. The Balaban J connectivity index is 1.24. The van der Waals surface area contributed by atoms with E-state index in [0.29, 0.717) is 0 Å². The minimum Gasteiger partial charge on any atom is -0.310 e. The first-order chi connectivity index (χ1) is 24.8. The Hall–Kier alpha value is -6.18. The van der Waals surface area contributed by atoms with Gasteiger partial charge in [0.1, 0.15) is 0 Å². The first-order valence-corrected chi connectivity index (χ1v) is 17.6. The molecule has 3 aliphatic rings. The van der Waals surface area contributed by atoms with Crippen molar-refractivity contribution in [1.29, 1.82) is 0 Å². The molecule has 0 aromatic heterocycles. The highest BCUT2D eigenvalue weighted by atomic mass is 15.1. The van der Waals surface area contributed by atoms with Crippen LogP contribution in [-0.2, 0) is 5.41 Å². The van der Waals surface area contributed by atoms with E-state index in [1.807, 2.05) is 0 Å². The van der Waals surface area contributed by atoms with Gasteiger partial charge in [-0.3, -0.25) is 0 Å². The third-order valence-corrected chi connectivity index (χ3v) is 11.1. The summed E-state index contributed by atoms with van der Waals surface area (Å²) in [6.07, 6.45) is 9.31. The number of hydrogen-bond acceptors (Lipinski definition) is 1. The van der Waals surface area contributed by atoms with Crippen molar-refractivity contribution in [3.8, 4) is 22.3 Å². The molecular weight excluding hydrogens is 603 g/mol. The summed E-state index contributed by atoms with van der Waals surface area (Å²) in [7, 11) is 0. The molecule has 0 N–H and O–H groups in total. The molecule has 0 saturated heterocycles. The molecule has 2 unspecified atom stereocenters. The minimum absolute atomic E-state index is 0.238. The van der Waals surface area contributed by atoms with Crippen molar-refractivity contribution in [3.05, 3.63) is 234 Å². The highest BCUT2D eigenvalue weighted by molar-refractivity contribution is 5.89. The summed E-state index contributed by atoms with van der Waals surface area (Å²) in [6.45, 7) is 0. The number of allylic oxidation sites excluding steroid dienone is 4. The third kappa shape index (κ3) is 4.20. The predicted octanol–water partition coefficient (Wildman–Crippen LogP) is 12.5. The number of fused-ring (bicyclic) bond motifs is 12. The summed E-state index contributed by atoms with van der Waals surface area (Å²) in [4.78, 5) is 2.35. The molecule has 0 amide bonds. The molecule has 10 rings (SSSR count). The second-order valence-corrected chi connectivity index (χ2v) is 13.6. The minimum atomic E-state index is -0.453. The Morgan fingerprint density at radius 1 is 0.360 bits per heavy atom. The SMILES string of the molecule is C1=CC2c3ccccc3C3(c4ccccc4-c4ccccc43)c3cc(-c4cccc(N(c5ccccc5)c5ccccc5)c4)ccc3C2C=C1. The molecular formula is C49H35N. The van der Waals surface area contributed by atoms with Crippen LogP contribution in [0.2, 0.25) is 0 Å². The largest absolute Gasteiger partial charge is 0.310 e. The Morgan fingerprint density at radius 2 is 0.860 bits per heavy atom. The smallest absolute Gasteiger partial charge is 0.0719 e. The van der Waals surface area contributed by atoms with E-state index in [1.165, 1.54) is 55.6 Å². The van der Waals surface area contributed by atoms with Gasteiger partial charge >= 0.3 is 0 Å². The van der Waals surface area contributed by atoms with Gasteiger partial charge in [-0.05, 0) is 98.1 Å². The lowest BCUT2D eigenvalue weighted by Gasteiger charge is -2.36. The van der Waals surface area contributed by atoms with E-state index in [-0.39, 0.29) is 11.8 Å². The van der Waals surface area contributed by atoms with Crippen molar-refractivity contribution in [1.82, 2.24) is 0 Å². The highest BCUT2D eigenvalue weighted by Gasteiger charge is 2.51. The first kappa shape index (κ1) is 28.8. The molecule has 1 heteroatoms. The average Bonchev–Trinajstić information content (AvgIpc) is 3.44. The molecule has 1 spiro atoms. The van der Waals surface area contributed by atoms with Crippen LogP contribution in [0.15, 0.2) is 200 Å². The van der Waals surface area contributed by atoms with Gasteiger partial charge in [-0.2, -0.15) is 0 Å². The number of benzene rings is 7. The van der Waals surface area contributed by atoms with Crippen molar-refractivity contribution >= 4 is 17.1 Å². The van der Waals surface area contributed by atoms with Gasteiger partial charge in [0.05, 0.1) is 5.41 Å². The molecule has 1 nitrogen and oxygen atoms in total. The van der Waals surface area contributed by atoms with Crippen LogP contribution < -0.4 is 4.90 Å². The second kappa shape index (κ2) is 11.5. The Labute approximate surface area is 294 Å². The number of para-hydroxylation sites is 2. The molecule has 0 aliphatic heterocycles. The van der Waals surface area contributed by atoms with Gasteiger partial charge in [0, 0.05) is 28.9 Å². The van der Waals surface area contributed by atoms with E-state index in [4.69, 9.17) is 0 Å². The summed E-state index contributed by atoms with van der Waals surface area (Å²) in [5, 5.41) is 0. The van der Waals surface area contributed by atoms with Crippen molar-refractivity contribution in [3.63, 3.8) is 0 Å². The first-order valence-electron chi connectivity index (χ1n) is 17.6. The van der Waals surface area contributed by atoms with Gasteiger partial charge in [-0.25, -0.2) is 0 Å². The summed E-state index contributed by atoms with van der Waals surface area (Å²) >= 11 is 0. The lowest BCUT2D eigenvalue weighted by atomic mass is 9.65. The van der Waals surface area contributed by atoms with E-state index in [9.17, 15) is 0 Å². The fourth-order valence-corrected chi connectivity index (χ4v) is 9.07. The van der Waals surface area contributed by atoms with Crippen molar-refractivity contribution in [2.45, 2.75) is 17.3 Å². The highest BCUT2D eigenvalue weighted by Crippen LogP contribution is 2.61. The molecule has 0 radical (unpaired) electrons. The predicted molar refractivity (Wildman–Crippen MR) is 208 cm³/mol. The van der Waals surface area contributed by atoms with Gasteiger partial charge in [0.25, 0.3) is 0 Å². The summed E-state index contributed by atoms with van der Waals surface area (Å²) in [5.41, 5.74) is 16.3. The van der Waals surface area contributed by atoms with Crippen molar-refractivity contribution in [2.24, 2.45) is 0 Å². The summed E-state index contributed by atoms with van der Waals surface area (Å²) in [5.74, 6) is 0.496. The maximum Gasteiger partial charge on any atom is 0.0719 e. The van der Waals surface area contributed by atoms with E-state index in [1.54, 1.807) is 0 Å². The molecule has 0 heterocycles. The van der Waals surface area contributed by atoms with Crippen LogP contribution in [0.1, 0.15) is 45.2 Å². The third-order valence-electron chi connectivity index (χ3n) is 11.1. The average molecular weight is 638 g/mol. The van der Waals surface area contributed by atoms with Crippen LogP contribution in [-0.4, -0.2) is 0 Å². The molecule has 0 bridgehead atoms. The van der Waals surface area contributed by atoms with Crippen LogP contribution in [0, 0.1) is 0 Å². The van der Waals surface area contributed by atoms with Gasteiger partial charge in [0.2, 0.25) is 0 Å². The second-order valence-electron chi connectivity index (χ2n) is 13.6. The monoisotopic (exact) mass is 637 g/mol. The summed E-state index contributed by atoms with van der Waals surface area (Å²) < 4.78 is 0. The quantitative estimate of drug-likeness (QED) is 0.186. The molecule has 7 aromatic rings. The fourth-order valence-electron chi connectivity index (χ4n) is 9.07. The zero-order chi connectivity index (χ0) is 33.1. The van der Waals surface area contributed by atoms with Crippen molar-refractivity contribution in [2.75, 3.05) is 4.90 Å². The van der Waals surface area contributed by atoms with Crippen molar-refractivity contribution < 1.29 is 0 Å². The molecule has 3 aliphatic carbocycles. The van der Waals surface area contributed by atoms with E-state index >= 15 is 0 Å². The Kier molecular flexibility index (Phi) is 6.60.